The predicted molar refractivity (Wildman–Crippen MR) is 50.9 cm³/mol. The molecular formula is C10H8N2O2. The lowest BCUT2D eigenvalue weighted by atomic mass is 10.2. The first-order chi connectivity index (χ1) is 6.83. The molecule has 0 amide bonds. The minimum absolute atomic E-state index is 0.392. The largest absolute Gasteiger partial charge is 0.465 e. The fourth-order valence-electron chi connectivity index (χ4n) is 1.25. The van der Waals surface area contributed by atoms with Gasteiger partial charge in [0.2, 0.25) is 0 Å². The van der Waals surface area contributed by atoms with Crippen molar-refractivity contribution in [1.82, 2.24) is 9.97 Å². The number of hydrogen-bond donors (Lipinski definition) is 0. The van der Waals surface area contributed by atoms with Gasteiger partial charge in [-0.25, -0.2) is 4.79 Å². The van der Waals surface area contributed by atoms with Gasteiger partial charge in [-0.2, -0.15) is 0 Å². The van der Waals surface area contributed by atoms with Crippen LogP contribution in [-0.4, -0.2) is 23.0 Å². The zero-order valence-electron chi connectivity index (χ0n) is 7.60. The van der Waals surface area contributed by atoms with E-state index in [4.69, 9.17) is 0 Å². The van der Waals surface area contributed by atoms with E-state index in [1.807, 2.05) is 0 Å². The first-order valence-corrected chi connectivity index (χ1v) is 4.11. The lowest BCUT2D eigenvalue weighted by molar-refractivity contribution is 0.0602. The van der Waals surface area contributed by atoms with Crippen LogP contribution in [0, 0.1) is 0 Å². The van der Waals surface area contributed by atoms with Gasteiger partial charge in [0.1, 0.15) is 5.52 Å². The van der Waals surface area contributed by atoms with Gasteiger partial charge in [0, 0.05) is 12.4 Å². The van der Waals surface area contributed by atoms with Gasteiger partial charge in [-0.05, 0) is 18.2 Å². The van der Waals surface area contributed by atoms with E-state index in [0.717, 1.165) is 0 Å². The van der Waals surface area contributed by atoms with E-state index >= 15 is 0 Å². The lowest BCUT2D eigenvalue weighted by Gasteiger charge is -2.01. The molecule has 0 spiro atoms. The van der Waals surface area contributed by atoms with Crippen molar-refractivity contribution in [3.63, 3.8) is 0 Å². The number of nitrogens with zero attached hydrogens (tertiary/aromatic N) is 2. The van der Waals surface area contributed by atoms with E-state index in [9.17, 15) is 4.79 Å². The van der Waals surface area contributed by atoms with Crippen LogP contribution < -0.4 is 0 Å². The molecule has 0 aliphatic heterocycles. The number of rotatable bonds is 1. The number of hydrogen-bond acceptors (Lipinski definition) is 4. The molecule has 0 unspecified atom stereocenters. The lowest BCUT2D eigenvalue weighted by Crippen LogP contribution is -2.03. The van der Waals surface area contributed by atoms with Gasteiger partial charge in [-0.15, -0.1) is 0 Å². The van der Waals surface area contributed by atoms with Gasteiger partial charge in [-0.1, -0.05) is 0 Å². The van der Waals surface area contributed by atoms with Crippen LogP contribution >= 0.6 is 0 Å². The van der Waals surface area contributed by atoms with Crippen LogP contribution in [0.25, 0.3) is 11.0 Å². The second kappa shape index (κ2) is 3.41. The maximum atomic E-state index is 11.3. The van der Waals surface area contributed by atoms with Crippen LogP contribution in [0.1, 0.15) is 10.4 Å². The van der Waals surface area contributed by atoms with E-state index in [0.29, 0.717) is 16.6 Å². The topological polar surface area (TPSA) is 52.1 Å². The van der Waals surface area contributed by atoms with Gasteiger partial charge >= 0.3 is 5.97 Å². The molecule has 0 saturated heterocycles. The summed E-state index contributed by atoms with van der Waals surface area (Å²) in [4.78, 5) is 19.5. The summed E-state index contributed by atoms with van der Waals surface area (Å²) >= 11 is 0. The molecule has 2 aromatic rings. The maximum absolute atomic E-state index is 11.3. The molecule has 0 saturated carbocycles. The van der Waals surface area contributed by atoms with Crippen LogP contribution in [0.15, 0.2) is 30.6 Å². The summed E-state index contributed by atoms with van der Waals surface area (Å²) in [6.45, 7) is 0. The molecule has 0 aliphatic carbocycles. The van der Waals surface area contributed by atoms with E-state index in [1.54, 1.807) is 30.6 Å². The molecule has 0 fully saturated rings. The highest BCUT2D eigenvalue weighted by Gasteiger charge is 2.10. The fraction of sp³-hybridized carbons (Fsp3) is 0.100. The number of fused-ring (bicyclic) bond motifs is 1. The van der Waals surface area contributed by atoms with Crippen molar-refractivity contribution >= 4 is 17.0 Å². The average molecular weight is 188 g/mol. The van der Waals surface area contributed by atoms with Crippen molar-refractivity contribution in [2.45, 2.75) is 0 Å². The van der Waals surface area contributed by atoms with Gasteiger partial charge in [0.25, 0.3) is 0 Å². The molecule has 2 aromatic heterocycles. The monoisotopic (exact) mass is 188 g/mol. The summed E-state index contributed by atoms with van der Waals surface area (Å²) in [5, 5.41) is 0. The Kier molecular flexibility index (Phi) is 2.10. The second-order valence-electron chi connectivity index (χ2n) is 2.72. The van der Waals surface area contributed by atoms with Gasteiger partial charge in [0.05, 0.1) is 18.2 Å². The maximum Gasteiger partial charge on any atom is 0.340 e. The Labute approximate surface area is 80.6 Å². The Hall–Kier alpha value is -1.97. The molecule has 14 heavy (non-hydrogen) atoms. The van der Waals surface area contributed by atoms with Crippen molar-refractivity contribution in [1.29, 1.82) is 0 Å². The minimum Gasteiger partial charge on any atom is -0.465 e. The van der Waals surface area contributed by atoms with Crippen LogP contribution in [0.4, 0.5) is 0 Å². The molecule has 0 aliphatic rings. The van der Waals surface area contributed by atoms with Crippen LogP contribution in [-0.2, 0) is 4.74 Å². The number of carbonyl (C=O) groups is 1. The Morgan fingerprint density at radius 3 is 2.93 bits per heavy atom. The molecule has 0 bridgehead atoms. The Morgan fingerprint density at radius 2 is 2.14 bits per heavy atom. The summed E-state index contributed by atoms with van der Waals surface area (Å²) in [7, 11) is 1.34. The second-order valence-corrected chi connectivity index (χ2v) is 2.72. The van der Waals surface area contributed by atoms with Gasteiger partial charge in [-0.3, -0.25) is 9.97 Å². The Bertz CT molecular complexity index is 477. The molecule has 2 rings (SSSR count). The van der Waals surface area contributed by atoms with Gasteiger partial charge < -0.3 is 4.74 Å². The first kappa shape index (κ1) is 8.62. The standard InChI is InChI=1S/C10H8N2O2/c1-14-10(13)7-4-6-11-8-3-2-5-12-9(7)8/h2-6H,1H3. The summed E-state index contributed by atoms with van der Waals surface area (Å²) in [5.74, 6) is -0.392. The normalized spacial score (nSPS) is 10.1. The molecule has 0 aromatic carbocycles. The smallest absolute Gasteiger partial charge is 0.340 e. The summed E-state index contributed by atoms with van der Waals surface area (Å²) < 4.78 is 4.64. The van der Waals surface area contributed by atoms with Crippen molar-refractivity contribution in [3.05, 3.63) is 36.2 Å². The SMILES string of the molecule is COC(=O)c1ccnc2cccnc12. The van der Waals surface area contributed by atoms with E-state index in [1.165, 1.54) is 7.11 Å². The predicted octanol–water partition coefficient (Wildman–Crippen LogP) is 1.42. The molecular weight excluding hydrogens is 180 g/mol. The number of esters is 1. The molecule has 2 heterocycles. The van der Waals surface area contributed by atoms with Crippen LogP contribution in [0.3, 0.4) is 0 Å². The van der Waals surface area contributed by atoms with Crippen molar-refractivity contribution in [3.8, 4) is 0 Å². The van der Waals surface area contributed by atoms with E-state index < -0.39 is 5.97 Å². The highest BCUT2D eigenvalue weighted by atomic mass is 16.5. The third kappa shape index (κ3) is 1.31. The Morgan fingerprint density at radius 1 is 1.29 bits per heavy atom. The van der Waals surface area contributed by atoms with Crippen molar-refractivity contribution in [2.24, 2.45) is 0 Å². The molecule has 70 valence electrons. The van der Waals surface area contributed by atoms with Crippen LogP contribution in [0.2, 0.25) is 0 Å². The van der Waals surface area contributed by atoms with Crippen molar-refractivity contribution in [2.75, 3.05) is 7.11 Å². The van der Waals surface area contributed by atoms with Crippen LogP contribution in [0.5, 0.6) is 0 Å². The Balaban J connectivity index is 2.71. The third-order valence-electron chi connectivity index (χ3n) is 1.90. The van der Waals surface area contributed by atoms with E-state index in [-0.39, 0.29) is 0 Å². The number of ether oxygens (including phenoxy) is 1. The summed E-state index contributed by atoms with van der Waals surface area (Å²) in [6.07, 6.45) is 3.19. The van der Waals surface area contributed by atoms with Crippen molar-refractivity contribution < 1.29 is 9.53 Å². The quantitative estimate of drug-likeness (QED) is 0.635. The number of carbonyl (C=O) groups excluding carboxylic acids is 1. The number of pyridine rings is 2. The zero-order valence-corrected chi connectivity index (χ0v) is 7.60. The number of methoxy groups -OCH3 is 1. The highest BCUT2D eigenvalue weighted by Crippen LogP contribution is 2.13. The summed E-state index contributed by atoms with van der Waals surface area (Å²) in [6, 6.07) is 5.17. The first-order valence-electron chi connectivity index (χ1n) is 4.11. The fourth-order valence-corrected chi connectivity index (χ4v) is 1.25. The average Bonchev–Trinajstić information content (AvgIpc) is 2.27. The zero-order chi connectivity index (χ0) is 9.97. The molecule has 0 atom stereocenters. The van der Waals surface area contributed by atoms with E-state index in [2.05, 4.69) is 14.7 Å². The molecule has 0 N–H and O–H groups in total. The molecule has 0 radical (unpaired) electrons. The minimum atomic E-state index is -0.392. The number of aromatic nitrogens is 2. The molecule has 4 heteroatoms. The highest BCUT2D eigenvalue weighted by molar-refractivity contribution is 6.01. The van der Waals surface area contributed by atoms with Gasteiger partial charge in [0.15, 0.2) is 0 Å². The third-order valence-corrected chi connectivity index (χ3v) is 1.90. The molecule has 4 nitrogen and oxygen atoms in total. The summed E-state index contributed by atoms with van der Waals surface area (Å²) in [5.41, 5.74) is 1.70.